The van der Waals surface area contributed by atoms with Gasteiger partial charge in [0.25, 0.3) is 5.91 Å². The van der Waals surface area contributed by atoms with Gasteiger partial charge in [0.1, 0.15) is 5.82 Å². The van der Waals surface area contributed by atoms with E-state index in [1.165, 1.54) is 4.90 Å². The predicted octanol–water partition coefficient (Wildman–Crippen LogP) is 3.06. The fourth-order valence-corrected chi connectivity index (χ4v) is 2.63. The van der Waals surface area contributed by atoms with Gasteiger partial charge in [-0.2, -0.15) is 13.2 Å². The van der Waals surface area contributed by atoms with Crippen LogP contribution in [0.3, 0.4) is 0 Å². The highest BCUT2D eigenvalue weighted by Gasteiger charge is 2.35. The Morgan fingerprint density at radius 3 is 2.68 bits per heavy atom. The molecule has 1 N–H and O–H groups in total. The number of hydrogen-bond acceptors (Lipinski definition) is 2. The van der Waals surface area contributed by atoms with Gasteiger partial charge >= 0.3 is 6.18 Å². The predicted molar refractivity (Wildman–Crippen MR) is 74.0 cm³/mol. The van der Waals surface area contributed by atoms with Crippen molar-refractivity contribution in [3.8, 4) is 0 Å². The number of nitrogens with zero attached hydrogens (tertiary/aromatic N) is 1. The van der Waals surface area contributed by atoms with Crippen molar-refractivity contribution in [3.05, 3.63) is 35.1 Å². The van der Waals surface area contributed by atoms with Crippen molar-refractivity contribution >= 4 is 5.91 Å². The average Bonchev–Trinajstić information content (AvgIpc) is 2.74. The van der Waals surface area contributed by atoms with Gasteiger partial charge < -0.3 is 10.2 Å². The molecule has 0 aromatic heterocycles. The molecule has 122 valence electrons. The molecule has 1 unspecified atom stereocenters. The lowest BCUT2D eigenvalue weighted by Crippen LogP contribution is -2.37. The molecule has 3 nitrogen and oxygen atoms in total. The van der Waals surface area contributed by atoms with E-state index in [4.69, 9.17) is 0 Å². The number of carbonyl (C=O) groups is 1. The fourth-order valence-electron chi connectivity index (χ4n) is 2.63. The van der Waals surface area contributed by atoms with Gasteiger partial charge in [0.2, 0.25) is 0 Å². The topological polar surface area (TPSA) is 32.3 Å². The highest BCUT2D eigenvalue weighted by atomic mass is 19.4. The van der Waals surface area contributed by atoms with Crippen LogP contribution in [0, 0.1) is 5.82 Å². The second-order valence-corrected chi connectivity index (χ2v) is 5.44. The van der Waals surface area contributed by atoms with Crippen LogP contribution in [-0.2, 0) is 6.18 Å². The molecule has 0 saturated carbocycles. The Labute approximate surface area is 126 Å². The first kappa shape index (κ1) is 16.7. The average molecular weight is 318 g/mol. The molecule has 0 radical (unpaired) electrons. The lowest BCUT2D eigenvalue weighted by Gasteiger charge is -2.27. The SMILES string of the molecule is CN(C(=O)c1ccc(F)c(C(F)(F)F)c1)C1CCCNCC1. The van der Waals surface area contributed by atoms with Gasteiger partial charge in [0.05, 0.1) is 5.56 Å². The van der Waals surface area contributed by atoms with Gasteiger partial charge in [-0.15, -0.1) is 0 Å². The summed E-state index contributed by atoms with van der Waals surface area (Å²) in [7, 11) is 1.58. The number of nitrogens with one attached hydrogen (secondary N) is 1. The second kappa shape index (κ2) is 6.64. The van der Waals surface area contributed by atoms with E-state index in [9.17, 15) is 22.4 Å². The third-order valence-electron chi connectivity index (χ3n) is 3.93. The summed E-state index contributed by atoms with van der Waals surface area (Å²) in [6, 6.07) is 2.35. The van der Waals surface area contributed by atoms with E-state index in [2.05, 4.69) is 5.32 Å². The largest absolute Gasteiger partial charge is 0.419 e. The van der Waals surface area contributed by atoms with Crippen molar-refractivity contribution in [2.45, 2.75) is 31.5 Å². The number of rotatable bonds is 2. The van der Waals surface area contributed by atoms with Gasteiger partial charge in [0, 0.05) is 18.7 Å². The van der Waals surface area contributed by atoms with Crippen LogP contribution in [0.1, 0.15) is 35.2 Å². The molecule has 1 aromatic rings. The summed E-state index contributed by atoms with van der Waals surface area (Å²) in [5.74, 6) is -1.89. The Morgan fingerprint density at radius 2 is 2.00 bits per heavy atom. The molecule has 1 aromatic carbocycles. The first-order valence-electron chi connectivity index (χ1n) is 7.15. The molecule has 22 heavy (non-hydrogen) atoms. The summed E-state index contributed by atoms with van der Waals surface area (Å²) in [6.07, 6.45) is -2.37. The Bertz CT molecular complexity index is 537. The van der Waals surface area contributed by atoms with Crippen molar-refractivity contribution < 1.29 is 22.4 Å². The molecule has 1 aliphatic rings. The van der Waals surface area contributed by atoms with Gasteiger partial charge in [-0.25, -0.2) is 4.39 Å². The van der Waals surface area contributed by atoms with E-state index in [0.29, 0.717) is 12.1 Å². The van der Waals surface area contributed by atoms with E-state index in [1.54, 1.807) is 7.05 Å². The Morgan fingerprint density at radius 1 is 1.27 bits per heavy atom. The molecule has 7 heteroatoms. The third kappa shape index (κ3) is 3.76. The van der Waals surface area contributed by atoms with Crippen molar-refractivity contribution in [1.29, 1.82) is 0 Å². The minimum atomic E-state index is -4.81. The lowest BCUT2D eigenvalue weighted by atomic mass is 10.0. The number of alkyl halides is 3. The van der Waals surface area contributed by atoms with Crippen molar-refractivity contribution in [2.24, 2.45) is 0 Å². The standard InChI is InChI=1S/C15H18F4N2O/c1-21(11-3-2-7-20-8-6-11)14(22)10-4-5-13(16)12(9-10)15(17,18)19/h4-5,9,11,20H,2-3,6-8H2,1H3. The number of benzene rings is 1. The molecule has 1 amide bonds. The molecule has 1 fully saturated rings. The number of carbonyl (C=O) groups excluding carboxylic acids is 1. The summed E-state index contributed by atoms with van der Waals surface area (Å²) in [4.78, 5) is 13.8. The molecule has 2 rings (SSSR count). The van der Waals surface area contributed by atoms with Crippen LogP contribution in [0.25, 0.3) is 0 Å². The Hall–Kier alpha value is -1.63. The summed E-state index contributed by atoms with van der Waals surface area (Å²) in [5, 5.41) is 3.21. The molecular formula is C15H18F4N2O. The van der Waals surface area contributed by atoms with E-state index < -0.39 is 23.5 Å². The third-order valence-corrected chi connectivity index (χ3v) is 3.93. The van der Waals surface area contributed by atoms with Gasteiger partial charge in [-0.1, -0.05) is 0 Å². The quantitative estimate of drug-likeness (QED) is 0.850. The smallest absolute Gasteiger partial charge is 0.339 e. The van der Waals surface area contributed by atoms with Crippen LogP contribution in [0.4, 0.5) is 17.6 Å². The molecule has 0 spiro atoms. The number of hydrogen-bond donors (Lipinski definition) is 1. The van der Waals surface area contributed by atoms with Crippen molar-refractivity contribution in [1.82, 2.24) is 10.2 Å². The van der Waals surface area contributed by atoms with Gasteiger partial charge in [0.15, 0.2) is 0 Å². The molecule has 1 atom stereocenters. The maximum atomic E-state index is 13.3. The number of amides is 1. The van der Waals surface area contributed by atoms with Crippen molar-refractivity contribution in [3.63, 3.8) is 0 Å². The van der Waals surface area contributed by atoms with Crippen LogP contribution in [-0.4, -0.2) is 37.0 Å². The highest BCUT2D eigenvalue weighted by molar-refractivity contribution is 5.94. The van der Waals surface area contributed by atoms with E-state index >= 15 is 0 Å². The molecule has 1 aliphatic heterocycles. The van der Waals surface area contributed by atoms with Crippen LogP contribution in [0.5, 0.6) is 0 Å². The summed E-state index contributed by atoms with van der Waals surface area (Å²) < 4.78 is 51.5. The highest BCUT2D eigenvalue weighted by Crippen LogP contribution is 2.32. The van der Waals surface area contributed by atoms with E-state index in [0.717, 1.165) is 38.4 Å². The lowest BCUT2D eigenvalue weighted by molar-refractivity contribution is -0.140. The Kier molecular flexibility index (Phi) is 5.05. The summed E-state index contributed by atoms with van der Waals surface area (Å²) in [5.41, 5.74) is -1.55. The zero-order chi connectivity index (χ0) is 16.3. The minimum Gasteiger partial charge on any atom is -0.339 e. The van der Waals surface area contributed by atoms with E-state index in [-0.39, 0.29) is 11.6 Å². The van der Waals surface area contributed by atoms with E-state index in [1.807, 2.05) is 0 Å². The molecule has 1 saturated heterocycles. The summed E-state index contributed by atoms with van der Waals surface area (Å²) >= 11 is 0. The first-order chi connectivity index (χ1) is 10.3. The van der Waals surface area contributed by atoms with Crippen LogP contribution >= 0.6 is 0 Å². The van der Waals surface area contributed by atoms with Gasteiger partial charge in [-0.05, 0) is 50.6 Å². The molecule has 0 aliphatic carbocycles. The number of halogens is 4. The summed E-state index contributed by atoms with van der Waals surface area (Å²) in [6.45, 7) is 1.63. The zero-order valence-corrected chi connectivity index (χ0v) is 12.2. The molecule has 0 bridgehead atoms. The van der Waals surface area contributed by atoms with Crippen LogP contribution in [0.15, 0.2) is 18.2 Å². The molecule has 1 heterocycles. The Balaban J connectivity index is 2.21. The maximum absolute atomic E-state index is 13.3. The second-order valence-electron chi connectivity index (χ2n) is 5.44. The van der Waals surface area contributed by atoms with Crippen molar-refractivity contribution in [2.75, 3.05) is 20.1 Å². The maximum Gasteiger partial charge on any atom is 0.419 e. The van der Waals surface area contributed by atoms with Crippen LogP contribution in [0.2, 0.25) is 0 Å². The van der Waals surface area contributed by atoms with Crippen LogP contribution < -0.4 is 5.32 Å². The fraction of sp³-hybridized carbons (Fsp3) is 0.533. The molecular weight excluding hydrogens is 300 g/mol. The first-order valence-corrected chi connectivity index (χ1v) is 7.15. The van der Waals surface area contributed by atoms with Gasteiger partial charge in [-0.3, -0.25) is 4.79 Å². The zero-order valence-electron chi connectivity index (χ0n) is 12.2. The normalized spacial score (nSPS) is 19.6. The minimum absolute atomic E-state index is 0.0260. The monoisotopic (exact) mass is 318 g/mol.